The molecule has 0 radical (unpaired) electrons. The summed E-state index contributed by atoms with van der Waals surface area (Å²) >= 11 is 0. The zero-order chi connectivity index (χ0) is 12.3. The first-order chi connectivity index (χ1) is 8.20. The van der Waals surface area contributed by atoms with Crippen molar-refractivity contribution in [2.75, 3.05) is 30.4 Å². The van der Waals surface area contributed by atoms with Gasteiger partial charge in [0.25, 0.3) is 0 Å². The highest BCUT2D eigenvalue weighted by atomic mass is 15.2. The highest BCUT2D eigenvalue weighted by Gasteiger charge is 2.22. The molecular weight excluding hydrogens is 212 g/mol. The number of hydrogen-bond acceptors (Lipinski definition) is 4. The zero-order valence-corrected chi connectivity index (χ0v) is 11.0. The van der Waals surface area contributed by atoms with Crippen molar-refractivity contribution in [2.24, 2.45) is 11.8 Å². The van der Waals surface area contributed by atoms with Gasteiger partial charge in [-0.2, -0.15) is 0 Å². The van der Waals surface area contributed by atoms with Gasteiger partial charge >= 0.3 is 0 Å². The van der Waals surface area contributed by atoms with Crippen molar-refractivity contribution >= 4 is 11.6 Å². The van der Waals surface area contributed by atoms with E-state index >= 15 is 0 Å². The molecule has 0 aromatic carbocycles. The van der Waals surface area contributed by atoms with Crippen LogP contribution >= 0.6 is 0 Å². The Hall–Kier alpha value is -1.32. The molecule has 1 aliphatic heterocycles. The molecule has 94 valence electrons. The Kier molecular flexibility index (Phi) is 3.82. The Morgan fingerprint density at radius 2 is 1.82 bits per heavy atom. The average molecular weight is 234 g/mol. The predicted molar refractivity (Wildman–Crippen MR) is 71.4 cm³/mol. The van der Waals surface area contributed by atoms with Crippen LogP contribution in [0.3, 0.4) is 0 Å². The van der Waals surface area contributed by atoms with Gasteiger partial charge in [-0.05, 0) is 24.7 Å². The number of nitrogens with one attached hydrogen (secondary N) is 1. The Morgan fingerprint density at radius 3 is 2.29 bits per heavy atom. The van der Waals surface area contributed by atoms with E-state index in [1.54, 1.807) is 0 Å². The second-order valence-electron chi connectivity index (χ2n) is 5.09. The molecule has 1 aliphatic rings. The maximum absolute atomic E-state index is 4.40. The van der Waals surface area contributed by atoms with Crippen LogP contribution in [0.25, 0.3) is 0 Å². The van der Waals surface area contributed by atoms with Gasteiger partial charge in [-0.15, -0.1) is 0 Å². The molecule has 17 heavy (non-hydrogen) atoms. The fourth-order valence-corrected chi connectivity index (χ4v) is 2.38. The summed E-state index contributed by atoms with van der Waals surface area (Å²) in [7, 11) is 1.88. The quantitative estimate of drug-likeness (QED) is 0.872. The van der Waals surface area contributed by atoms with E-state index in [-0.39, 0.29) is 0 Å². The van der Waals surface area contributed by atoms with Gasteiger partial charge in [-0.1, -0.05) is 13.8 Å². The first-order valence-electron chi connectivity index (χ1n) is 6.45. The summed E-state index contributed by atoms with van der Waals surface area (Å²) in [6.45, 7) is 6.81. The molecule has 1 aromatic rings. The predicted octanol–water partition coefficient (Wildman–Crippen LogP) is 2.39. The van der Waals surface area contributed by atoms with E-state index in [2.05, 4.69) is 34.0 Å². The third-order valence-corrected chi connectivity index (χ3v) is 3.69. The smallest absolute Gasteiger partial charge is 0.225 e. The Morgan fingerprint density at radius 1 is 1.24 bits per heavy atom. The molecular formula is C13H22N4. The van der Waals surface area contributed by atoms with Crippen molar-refractivity contribution < 1.29 is 0 Å². The van der Waals surface area contributed by atoms with Gasteiger partial charge in [0.2, 0.25) is 5.95 Å². The maximum atomic E-state index is 4.40. The first-order valence-corrected chi connectivity index (χ1v) is 6.45. The van der Waals surface area contributed by atoms with Crippen molar-refractivity contribution in [3.63, 3.8) is 0 Å². The summed E-state index contributed by atoms with van der Waals surface area (Å²) in [5.41, 5.74) is 0.964. The first kappa shape index (κ1) is 12.1. The van der Waals surface area contributed by atoms with Crippen molar-refractivity contribution in [1.29, 1.82) is 0 Å². The lowest BCUT2D eigenvalue weighted by atomic mass is 9.87. The molecule has 1 fully saturated rings. The molecule has 0 atom stereocenters. The van der Waals surface area contributed by atoms with Crippen LogP contribution in [0, 0.1) is 11.8 Å². The molecule has 0 bridgehead atoms. The summed E-state index contributed by atoms with van der Waals surface area (Å²) in [6.07, 6.45) is 6.21. The summed E-state index contributed by atoms with van der Waals surface area (Å²) < 4.78 is 0. The van der Waals surface area contributed by atoms with Gasteiger partial charge < -0.3 is 10.2 Å². The molecule has 2 rings (SSSR count). The molecule has 2 heterocycles. The monoisotopic (exact) mass is 234 g/mol. The van der Waals surface area contributed by atoms with Gasteiger partial charge in [0.1, 0.15) is 0 Å². The molecule has 1 aromatic heterocycles. The van der Waals surface area contributed by atoms with Crippen LogP contribution in [0.15, 0.2) is 12.4 Å². The number of piperidine rings is 1. The SMILES string of the molecule is CNc1cnc(N2CCC(C(C)C)CC2)nc1. The number of hydrogen-bond donors (Lipinski definition) is 1. The summed E-state index contributed by atoms with van der Waals surface area (Å²) in [5.74, 6) is 2.53. The highest BCUT2D eigenvalue weighted by Crippen LogP contribution is 2.26. The van der Waals surface area contributed by atoms with Crippen LogP contribution in [0.5, 0.6) is 0 Å². The Bertz CT molecular complexity index is 339. The fourth-order valence-electron chi connectivity index (χ4n) is 2.38. The minimum absolute atomic E-state index is 0.796. The van der Waals surface area contributed by atoms with E-state index < -0.39 is 0 Å². The highest BCUT2D eigenvalue weighted by molar-refractivity contribution is 5.41. The molecule has 4 heteroatoms. The number of anilines is 2. The Balaban J connectivity index is 1.95. The van der Waals surface area contributed by atoms with E-state index in [1.165, 1.54) is 12.8 Å². The number of nitrogens with zero attached hydrogens (tertiary/aromatic N) is 3. The van der Waals surface area contributed by atoms with Crippen molar-refractivity contribution in [3.05, 3.63) is 12.4 Å². The lowest BCUT2D eigenvalue weighted by molar-refractivity contribution is 0.310. The molecule has 1 N–H and O–H groups in total. The second-order valence-corrected chi connectivity index (χ2v) is 5.09. The van der Waals surface area contributed by atoms with Gasteiger partial charge in [0, 0.05) is 20.1 Å². The van der Waals surface area contributed by atoms with Gasteiger partial charge in [-0.25, -0.2) is 9.97 Å². The van der Waals surface area contributed by atoms with E-state index in [0.29, 0.717) is 0 Å². The van der Waals surface area contributed by atoms with Crippen molar-refractivity contribution in [1.82, 2.24) is 9.97 Å². The third-order valence-electron chi connectivity index (χ3n) is 3.69. The van der Waals surface area contributed by atoms with Crippen LogP contribution in [-0.4, -0.2) is 30.1 Å². The van der Waals surface area contributed by atoms with Crippen LogP contribution in [-0.2, 0) is 0 Å². The number of rotatable bonds is 3. The molecule has 0 saturated carbocycles. The summed E-state index contributed by atoms with van der Waals surface area (Å²) in [4.78, 5) is 11.1. The van der Waals surface area contributed by atoms with Crippen LogP contribution < -0.4 is 10.2 Å². The van der Waals surface area contributed by atoms with Crippen molar-refractivity contribution in [2.45, 2.75) is 26.7 Å². The van der Waals surface area contributed by atoms with E-state index in [9.17, 15) is 0 Å². The standard InChI is InChI=1S/C13H22N4/c1-10(2)11-4-6-17(7-5-11)13-15-8-12(14-3)9-16-13/h8-11,14H,4-7H2,1-3H3. The Labute approximate surface area is 103 Å². The van der Waals surface area contributed by atoms with E-state index in [4.69, 9.17) is 0 Å². The van der Waals surface area contributed by atoms with Crippen molar-refractivity contribution in [3.8, 4) is 0 Å². The molecule has 4 nitrogen and oxygen atoms in total. The maximum Gasteiger partial charge on any atom is 0.225 e. The van der Waals surface area contributed by atoms with Crippen LogP contribution in [0.4, 0.5) is 11.6 Å². The average Bonchev–Trinajstić information content (AvgIpc) is 2.39. The zero-order valence-electron chi connectivity index (χ0n) is 11.0. The third kappa shape index (κ3) is 2.87. The second kappa shape index (κ2) is 5.34. The minimum Gasteiger partial charge on any atom is -0.386 e. The lowest BCUT2D eigenvalue weighted by Crippen LogP contribution is -2.36. The lowest BCUT2D eigenvalue weighted by Gasteiger charge is -2.33. The molecule has 1 saturated heterocycles. The topological polar surface area (TPSA) is 41.1 Å². The normalized spacial score (nSPS) is 17.5. The molecule has 0 aliphatic carbocycles. The van der Waals surface area contributed by atoms with E-state index in [1.807, 2.05) is 19.4 Å². The number of aromatic nitrogens is 2. The van der Waals surface area contributed by atoms with Gasteiger partial charge in [0.15, 0.2) is 0 Å². The van der Waals surface area contributed by atoms with Crippen LogP contribution in [0.2, 0.25) is 0 Å². The molecule has 0 unspecified atom stereocenters. The fraction of sp³-hybridized carbons (Fsp3) is 0.692. The van der Waals surface area contributed by atoms with Gasteiger partial charge in [0.05, 0.1) is 18.1 Å². The van der Waals surface area contributed by atoms with E-state index in [0.717, 1.165) is 36.6 Å². The molecule has 0 spiro atoms. The molecule has 0 amide bonds. The summed E-state index contributed by atoms with van der Waals surface area (Å²) in [6, 6.07) is 0. The van der Waals surface area contributed by atoms with Crippen LogP contribution in [0.1, 0.15) is 26.7 Å². The van der Waals surface area contributed by atoms with Gasteiger partial charge in [-0.3, -0.25) is 0 Å². The summed E-state index contributed by atoms with van der Waals surface area (Å²) in [5, 5.41) is 3.04. The minimum atomic E-state index is 0.796. The largest absolute Gasteiger partial charge is 0.386 e.